The summed E-state index contributed by atoms with van der Waals surface area (Å²) in [5.41, 5.74) is 6.91. The van der Waals surface area contributed by atoms with Crippen molar-refractivity contribution >= 4 is 10.8 Å². The molecule has 0 fully saturated rings. The summed E-state index contributed by atoms with van der Waals surface area (Å²) in [5.74, 6) is 0.671. The molecule has 3 aromatic heterocycles. The molecule has 0 bridgehead atoms. The second-order valence-electron chi connectivity index (χ2n) is 6.75. The second-order valence-corrected chi connectivity index (χ2v) is 6.75. The van der Waals surface area contributed by atoms with Gasteiger partial charge in [-0.25, -0.2) is 19.3 Å². The Labute approximate surface area is 151 Å². The summed E-state index contributed by atoms with van der Waals surface area (Å²) in [6, 6.07) is 3.55. The monoisotopic (exact) mass is 355 g/mol. The predicted octanol–water partition coefficient (Wildman–Crippen LogP) is 3.24. The molecule has 3 rings (SSSR count). The van der Waals surface area contributed by atoms with Crippen molar-refractivity contribution < 1.29 is 9.13 Å². The number of fused-ring (bicyclic) bond motifs is 1. The summed E-state index contributed by atoms with van der Waals surface area (Å²) >= 11 is 0. The van der Waals surface area contributed by atoms with Crippen LogP contribution in [0.5, 0.6) is 5.88 Å². The van der Waals surface area contributed by atoms with Crippen LogP contribution in [0.15, 0.2) is 30.7 Å². The molecule has 0 radical (unpaired) electrons. The first-order valence-electron chi connectivity index (χ1n) is 8.38. The number of halogens is 1. The molecule has 3 aromatic rings. The van der Waals surface area contributed by atoms with Gasteiger partial charge in [0.2, 0.25) is 5.88 Å². The van der Waals surface area contributed by atoms with Crippen molar-refractivity contribution in [3.63, 3.8) is 0 Å². The van der Waals surface area contributed by atoms with Gasteiger partial charge in [-0.2, -0.15) is 0 Å². The minimum atomic E-state index is -1.59. The third-order valence-corrected chi connectivity index (χ3v) is 4.11. The van der Waals surface area contributed by atoms with Gasteiger partial charge in [-0.1, -0.05) is 0 Å². The number of aromatic nitrogens is 4. The van der Waals surface area contributed by atoms with Gasteiger partial charge in [-0.3, -0.25) is 4.98 Å². The fourth-order valence-electron chi connectivity index (χ4n) is 2.76. The molecule has 6 nitrogen and oxygen atoms in total. The zero-order chi connectivity index (χ0) is 18.9. The molecule has 7 heteroatoms. The lowest BCUT2D eigenvalue weighted by Gasteiger charge is -2.14. The molecule has 0 spiro atoms. The first-order valence-corrected chi connectivity index (χ1v) is 8.38. The first-order chi connectivity index (χ1) is 12.3. The second kappa shape index (κ2) is 6.92. The quantitative estimate of drug-likeness (QED) is 0.756. The summed E-state index contributed by atoms with van der Waals surface area (Å²) in [5, 5.41) is 1.75. The highest BCUT2D eigenvalue weighted by Crippen LogP contribution is 2.29. The summed E-state index contributed by atoms with van der Waals surface area (Å²) in [4.78, 5) is 17.1. The van der Waals surface area contributed by atoms with E-state index < -0.39 is 5.67 Å². The summed E-state index contributed by atoms with van der Waals surface area (Å²) in [6.45, 7) is 4.78. The van der Waals surface area contributed by atoms with Crippen molar-refractivity contribution in [1.82, 2.24) is 19.9 Å². The molecule has 0 aromatic carbocycles. The zero-order valence-corrected chi connectivity index (χ0v) is 15.3. The first kappa shape index (κ1) is 18.1. The maximum atomic E-state index is 14.1. The number of rotatable bonds is 5. The van der Waals surface area contributed by atoms with Gasteiger partial charge in [0.05, 0.1) is 18.2 Å². The highest BCUT2D eigenvalue weighted by atomic mass is 19.1. The van der Waals surface area contributed by atoms with Gasteiger partial charge in [0, 0.05) is 36.7 Å². The molecule has 0 saturated carbocycles. The van der Waals surface area contributed by atoms with E-state index in [0.29, 0.717) is 18.0 Å². The number of pyridine rings is 2. The van der Waals surface area contributed by atoms with E-state index >= 15 is 0 Å². The number of alkyl halides is 1. The molecule has 1 atom stereocenters. The maximum absolute atomic E-state index is 14.1. The number of ether oxygens (including phenoxy) is 1. The Morgan fingerprint density at radius 2 is 1.92 bits per heavy atom. The molecule has 0 aliphatic rings. The van der Waals surface area contributed by atoms with Crippen LogP contribution in [0.25, 0.3) is 10.8 Å². The van der Waals surface area contributed by atoms with Crippen LogP contribution in [0.4, 0.5) is 4.39 Å². The number of nitrogens with two attached hydrogens (primary N) is 1. The zero-order valence-electron chi connectivity index (χ0n) is 15.3. The van der Waals surface area contributed by atoms with Crippen molar-refractivity contribution in [3.05, 3.63) is 53.5 Å². The van der Waals surface area contributed by atoms with Crippen LogP contribution in [0.3, 0.4) is 0 Å². The van der Waals surface area contributed by atoms with Crippen LogP contribution in [0.2, 0.25) is 0 Å². The lowest BCUT2D eigenvalue weighted by atomic mass is 10.0. The molecule has 2 N–H and O–H groups in total. The Balaban J connectivity index is 2.03. The van der Waals surface area contributed by atoms with E-state index in [9.17, 15) is 4.39 Å². The molecule has 0 unspecified atom stereocenters. The summed E-state index contributed by atoms with van der Waals surface area (Å²) < 4.78 is 19.4. The van der Waals surface area contributed by atoms with Gasteiger partial charge in [-0.05, 0) is 43.9 Å². The SMILES string of the molecule is COc1ncc([C@H](C)N)c2cc(Cc3ccnc(C(C)(C)F)n3)ncc12. The molecular weight excluding hydrogens is 333 g/mol. The molecule has 0 amide bonds. The molecule has 136 valence electrons. The third-order valence-electron chi connectivity index (χ3n) is 4.11. The van der Waals surface area contributed by atoms with E-state index in [1.807, 2.05) is 13.0 Å². The van der Waals surface area contributed by atoms with Crippen molar-refractivity contribution in [1.29, 1.82) is 0 Å². The highest BCUT2D eigenvalue weighted by Gasteiger charge is 2.22. The molecule has 0 aliphatic carbocycles. The Hall–Kier alpha value is -2.67. The van der Waals surface area contributed by atoms with E-state index in [2.05, 4.69) is 19.9 Å². The number of methoxy groups -OCH3 is 1. The molecule has 0 aliphatic heterocycles. The van der Waals surface area contributed by atoms with Crippen LogP contribution in [-0.4, -0.2) is 27.0 Å². The average molecular weight is 355 g/mol. The predicted molar refractivity (Wildman–Crippen MR) is 97.7 cm³/mol. The van der Waals surface area contributed by atoms with E-state index in [4.69, 9.17) is 10.5 Å². The van der Waals surface area contributed by atoms with Gasteiger partial charge in [0.25, 0.3) is 0 Å². The fourth-order valence-corrected chi connectivity index (χ4v) is 2.76. The maximum Gasteiger partial charge on any atom is 0.222 e. The number of nitrogens with zero attached hydrogens (tertiary/aromatic N) is 4. The third kappa shape index (κ3) is 3.62. The van der Waals surface area contributed by atoms with Gasteiger partial charge in [-0.15, -0.1) is 0 Å². The van der Waals surface area contributed by atoms with Gasteiger partial charge in [0.15, 0.2) is 11.5 Å². The largest absolute Gasteiger partial charge is 0.481 e. The van der Waals surface area contributed by atoms with E-state index in [0.717, 1.165) is 22.0 Å². The average Bonchev–Trinajstić information content (AvgIpc) is 2.60. The summed E-state index contributed by atoms with van der Waals surface area (Å²) in [7, 11) is 1.57. The van der Waals surface area contributed by atoms with Crippen LogP contribution >= 0.6 is 0 Å². The molecule has 26 heavy (non-hydrogen) atoms. The molecule has 0 saturated heterocycles. The van der Waals surface area contributed by atoms with Gasteiger partial charge >= 0.3 is 0 Å². The fraction of sp³-hybridized carbons (Fsp3) is 0.368. The Kier molecular flexibility index (Phi) is 4.82. The summed E-state index contributed by atoms with van der Waals surface area (Å²) in [6.07, 6.45) is 5.48. The van der Waals surface area contributed by atoms with Gasteiger partial charge in [0.1, 0.15) is 0 Å². The van der Waals surface area contributed by atoms with E-state index in [-0.39, 0.29) is 11.9 Å². The Morgan fingerprint density at radius 1 is 1.15 bits per heavy atom. The highest BCUT2D eigenvalue weighted by molar-refractivity contribution is 5.89. The Morgan fingerprint density at radius 3 is 2.58 bits per heavy atom. The normalized spacial score (nSPS) is 13.0. The van der Waals surface area contributed by atoms with Gasteiger partial charge < -0.3 is 10.5 Å². The van der Waals surface area contributed by atoms with Crippen molar-refractivity contribution in [2.45, 2.75) is 38.9 Å². The Bertz CT molecular complexity index is 937. The number of hydrogen-bond acceptors (Lipinski definition) is 6. The van der Waals surface area contributed by atoms with Crippen molar-refractivity contribution in [3.8, 4) is 5.88 Å². The van der Waals surface area contributed by atoms with Crippen LogP contribution in [-0.2, 0) is 12.1 Å². The van der Waals surface area contributed by atoms with Crippen molar-refractivity contribution in [2.24, 2.45) is 5.73 Å². The topological polar surface area (TPSA) is 86.8 Å². The lowest BCUT2D eigenvalue weighted by Crippen LogP contribution is -2.15. The molecule has 3 heterocycles. The van der Waals surface area contributed by atoms with Crippen LogP contribution in [0.1, 0.15) is 49.6 Å². The van der Waals surface area contributed by atoms with E-state index in [1.54, 1.807) is 31.8 Å². The smallest absolute Gasteiger partial charge is 0.222 e. The number of hydrogen-bond donors (Lipinski definition) is 1. The molecular formula is C19H22FN5O. The van der Waals surface area contributed by atoms with Crippen LogP contribution < -0.4 is 10.5 Å². The minimum absolute atomic E-state index is 0.165. The standard InChI is InChI=1S/C19H22FN5O/c1-11(21)15-9-24-17(26-4)16-10-23-13(8-14(15)16)7-12-5-6-22-18(25-12)19(2,3)20/h5-6,8-11H,7,21H2,1-4H3/t11-/m0/s1. The van der Waals surface area contributed by atoms with Crippen molar-refractivity contribution in [2.75, 3.05) is 7.11 Å². The van der Waals surface area contributed by atoms with E-state index in [1.165, 1.54) is 13.8 Å². The lowest BCUT2D eigenvalue weighted by molar-refractivity contribution is 0.206. The minimum Gasteiger partial charge on any atom is -0.481 e. The van der Waals surface area contributed by atoms with Crippen LogP contribution in [0, 0.1) is 0 Å².